The van der Waals surface area contributed by atoms with Crippen LogP contribution in [0.5, 0.6) is 0 Å². The summed E-state index contributed by atoms with van der Waals surface area (Å²) in [5.41, 5.74) is 2.39. The molecule has 6 nitrogen and oxygen atoms in total. The van der Waals surface area contributed by atoms with Crippen LogP contribution >= 0.6 is 11.5 Å². The molecule has 3 rings (SSSR count). The SMILES string of the molecule is CCOC(=O)c1ccc(NC(=O)c2snnc2-c2ccccc2)cc1. The number of aromatic nitrogens is 2. The van der Waals surface area contributed by atoms with E-state index in [1.54, 1.807) is 31.2 Å². The number of nitrogens with zero attached hydrogens (tertiary/aromatic N) is 2. The molecule has 0 saturated carbocycles. The topological polar surface area (TPSA) is 81.2 Å². The Balaban J connectivity index is 1.75. The standard InChI is InChI=1S/C18H15N3O3S/c1-2-24-18(23)13-8-10-14(11-9-13)19-17(22)16-15(20-21-25-16)12-6-4-3-5-7-12/h3-11H,2H2,1H3,(H,19,22). The maximum Gasteiger partial charge on any atom is 0.338 e. The van der Waals surface area contributed by atoms with E-state index in [1.165, 1.54) is 0 Å². The van der Waals surface area contributed by atoms with Crippen LogP contribution in [0.2, 0.25) is 0 Å². The van der Waals surface area contributed by atoms with Crippen molar-refractivity contribution < 1.29 is 14.3 Å². The number of amides is 1. The van der Waals surface area contributed by atoms with Gasteiger partial charge >= 0.3 is 5.97 Å². The van der Waals surface area contributed by atoms with Crippen molar-refractivity contribution in [3.05, 3.63) is 65.0 Å². The van der Waals surface area contributed by atoms with Crippen LogP contribution in [0.25, 0.3) is 11.3 Å². The molecule has 1 N–H and O–H groups in total. The lowest BCUT2D eigenvalue weighted by Gasteiger charge is -2.06. The van der Waals surface area contributed by atoms with E-state index in [0.29, 0.717) is 28.4 Å². The number of carbonyl (C=O) groups excluding carboxylic acids is 2. The molecule has 3 aromatic rings. The fraction of sp³-hybridized carbons (Fsp3) is 0.111. The van der Waals surface area contributed by atoms with Gasteiger partial charge in [0.05, 0.1) is 12.2 Å². The van der Waals surface area contributed by atoms with Crippen LogP contribution in [0, 0.1) is 0 Å². The first-order valence-electron chi connectivity index (χ1n) is 7.65. The molecule has 0 spiro atoms. The zero-order chi connectivity index (χ0) is 17.6. The van der Waals surface area contributed by atoms with Gasteiger partial charge in [-0.3, -0.25) is 4.79 Å². The first kappa shape index (κ1) is 16.8. The van der Waals surface area contributed by atoms with Gasteiger partial charge in [-0.25, -0.2) is 4.79 Å². The molecule has 0 aliphatic rings. The molecule has 0 fully saturated rings. The van der Waals surface area contributed by atoms with Gasteiger partial charge in [0.1, 0.15) is 10.6 Å². The fourth-order valence-electron chi connectivity index (χ4n) is 2.22. The van der Waals surface area contributed by atoms with E-state index >= 15 is 0 Å². The zero-order valence-electron chi connectivity index (χ0n) is 13.4. The summed E-state index contributed by atoms with van der Waals surface area (Å²) in [5.74, 6) is -0.684. The lowest BCUT2D eigenvalue weighted by Crippen LogP contribution is -2.12. The number of hydrogen-bond donors (Lipinski definition) is 1. The molecule has 7 heteroatoms. The molecule has 1 aromatic heterocycles. The van der Waals surface area contributed by atoms with Gasteiger partial charge in [0.2, 0.25) is 0 Å². The summed E-state index contributed by atoms with van der Waals surface area (Å²) < 4.78 is 8.82. The lowest BCUT2D eigenvalue weighted by atomic mass is 10.1. The first-order valence-corrected chi connectivity index (χ1v) is 8.42. The molecule has 0 unspecified atom stereocenters. The Bertz CT molecular complexity index is 876. The third kappa shape index (κ3) is 3.89. The quantitative estimate of drug-likeness (QED) is 0.708. The Kier molecular flexibility index (Phi) is 5.15. The van der Waals surface area contributed by atoms with Crippen LogP contribution in [0.1, 0.15) is 27.0 Å². The minimum absolute atomic E-state index is 0.294. The summed E-state index contributed by atoms with van der Waals surface area (Å²) >= 11 is 1.04. The summed E-state index contributed by atoms with van der Waals surface area (Å²) in [6.07, 6.45) is 0. The third-order valence-electron chi connectivity index (χ3n) is 3.40. The molecule has 0 bridgehead atoms. The zero-order valence-corrected chi connectivity index (χ0v) is 14.2. The van der Waals surface area contributed by atoms with E-state index in [0.717, 1.165) is 17.1 Å². The van der Waals surface area contributed by atoms with Crippen molar-refractivity contribution in [2.45, 2.75) is 6.92 Å². The van der Waals surface area contributed by atoms with Crippen LogP contribution < -0.4 is 5.32 Å². The van der Waals surface area contributed by atoms with Crippen LogP contribution in [-0.2, 0) is 4.74 Å². The number of esters is 1. The molecule has 1 heterocycles. The summed E-state index contributed by atoms with van der Waals surface area (Å²) in [6.45, 7) is 2.07. The highest BCUT2D eigenvalue weighted by atomic mass is 32.1. The van der Waals surface area contributed by atoms with Crippen molar-refractivity contribution in [3.8, 4) is 11.3 Å². The molecule has 0 saturated heterocycles. The van der Waals surface area contributed by atoms with Crippen molar-refractivity contribution >= 4 is 29.1 Å². The molecule has 126 valence electrons. The van der Waals surface area contributed by atoms with Gasteiger partial charge in [0.25, 0.3) is 5.91 Å². The molecule has 0 atom stereocenters. The van der Waals surface area contributed by atoms with Gasteiger partial charge in [-0.1, -0.05) is 34.8 Å². The Hall–Kier alpha value is -3.06. The summed E-state index contributed by atoms with van der Waals surface area (Å²) in [5, 5.41) is 6.85. The van der Waals surface area contributed by atoms with E-state index in [-0.39, 0.29) is 5.91 Å². The Morgan fingerprint density at radius 1 is 1.08 bits per heavy atom. The van der Waals surface area contributed by atoms with Gasteiger partial charge in [0, 0.05) is 11.3 Å². The maximum absolute atomic E-state index is 12.5. The normalized spacial score (nSPS) is 10.3. The Morgan fingerprint density at radius 2 is 1.80 bits per heavy atom. The number of hydrogen-bond acceptors (Lipinski definition) is 6. The largest absolute Gasteiger partial charge is 0.462 e. The second-order valence-corrected chi connectivity index (χ2v) is 5.82. The molecule has 25 heavy (non-hydrogen) atoms. The van der Waals surface area contributed by atoms with E-state index in [9.17, 15) is 9.59 Å². The summed E-state index contributed by atoms with van der Waals surface area (Å²) in [7, 11) is 0. The van der Waals surface area contributed by atoms with Gasteiger partial charge in [-0.2, -0.15) is 0 Å². The average Bonchev–Trinajstić information content (AvgIpc) is 3.13. The van der Waals surface area contributed by atoms with E-state index in [4.69, 9.17) is 4.74 Å². The molecule has 0 aliphatic heterocycles. The Labute approximate surface area is 148 Å². The summed E-state index contributed by atoms with van der Waals surface area (Å²) in [6, 6.07) is 15.9. The van der Waals surface area contributed by atoms with Gasteiger partial charge in [0.15, 0.2) is 0 Å². The molecule has 2 aromatic carbocycles. The number of carbonyl (C=O) groups is 2. The van der Waals surface area contributed by atoms with Gasteiger partial charge < -0.3 is 10.1 Å². The number of nitrogens with one attached hydrogen (secondary N) is 1. The minimum atomic E-state index is -0.390. The fourth-order valence-corrected chi connectivity index (χ4v) is 2.80. The molecular formula is C18H15N3O3S. The van der Waals surface area contributed by atoms with Gasteiger partial charge in [-0.05, 0) is 42.7 Å². The van der Waals surface area contributed by atoms with Crippen molar-refractivity contribution in [3.63, 3.8) is 0 Å². The molecule has 1 amide bonds. The van der Waals surface area contributed by atoms with Crippen molar-refractivity contribution in [1.29, 1.82) is 0 Å². The van der Waals surface area contributed by atoms with Crippen LogP contribution in [-0.4, -0.2) is 28.1 Å². The van der Waals surface area contributed by atoms with Gasteiger partial charge in [-0.15, -0.1) is 5.10 Å². The number of rotatable bonds is 5. The monoisotopic (exact) mass is 353 g/mol. The molecule has 0 radical (unpaired) electrons. The van der Waals surface area contributed by atoms with E-state index in [2.05, 4.69) is 14.9 Å². The number of benzene rings is 2. The second kappa shape index (κ2) is 7.67. The highest BCUT2D eigenvalue weighted by molar-refractivity contribution is 7.08. The number of anilines is 1. The minimum Gasteiger partial charge on any atom is -0.462 e. The highest BCUT2D eigenvalue weighted by Crippen LogP contribution is 2.24. The van der Waals surface area contributed by atoms with Crippen molar-refractivity contribution in [2.24, 2.45) is 0 Å². The summed E-state index contributed by atoms with van der Waals surface area (Å²) in [4.78, 5) is 24.6. The third-order valence-corrected chi connectivity index (χ3v) is 4.12. The smallest absolute Gasteiger partial charge is 0.338 e. The number of ether oxygens (including phenoxy) is 1. The van der Waals surface area contributed by atoms with Crippen LogP contribution in [0.4, 0.5) is 5.69 Å². The first-order chi connectivity index (χ1) is 12.2. The van der Waals surface area contributed by atoms with Crippen molar-refractivity contribution in [2.75, 3.05) is 11.9 Å². The maximum atomic E-state index is 12.5. The molecule has 0 aliphatic carbocycles. The Morgan fingerprint density at radius 3 is 2.48 bits per heavy atom. The predicted molar refractivity (Wildman–Crippen MR) is 95.7 cm³/mol. The van der Waals surface area contributed by atoms with Crippen LogP contribution in [0.3, 0.4) is 0 Å². The highest BCUT2D eigenvalue weighted by Gasteiger charge is 2.18. The average molecular weight is 353 g/mol. The van der Waals surface area contributed by atoms with E-state index < -0.39 is 5.97 Å². The predicted octanol–water partition coefficient (Wildman–Crippen LogP) is 3.63. The molecular weight excluding hydrogens is 338 g/mol. The van der Waals surface area contributed by atoms with E-state index in [1.807, 2.05) is 30.3 Å². The van der Waals surface area contributed by atoms with Crippen LogP contribution in [0.15, 0.2) is 54.6 Å². The van der Waals surface area contributed by atoms with Crippen molar-refractivity contribution in [1.82, 2.24) is 9.59 Å². The second-order valence-electron chi connectivity index (χ2n) is 5.07. The lowest BCUT2D eigenvalue weighted by molar-refractivity contribution is 0.0526.